The Bertz CT molecular complexity index is 1770. The largest absolute Gasteiger partial charge is 0.481 e. The number of fused-ring (bicyclic) bond motifs is 1. The third-order valence-corrected chi connectivity index (χ3v) is 8.08. The number of nitrogens with one attached hydrogen (secondary N) is 2. The number of alkyl halides is 3. The molecule has 0 radical (unpaired) electrons. The Hall–Kier alpha value is -5.94. The molecule has 3 heterocycles. The van der Waals surface area contributed by atoms with Gasteiger partial charge in [0.15, 0.2) is 18.1 Å². The molecule has 18 heteroatoms. The smallest absolute Gasteiger partial charge is 0.435 e. The van der Waals surface area contributed by atoms with Crippen LogP contribution in [0.3, 0.4) is 0 Å². The van der Waals surface area contributed by atoms with Gasteiger partial charge in [0.25, 0.3) is 5.91 Å². The molecule has 2 aromatic carbocycles. The van der Waals surface area contributed by atoms with E-state index in [2.05, 4.69) is 15.7 Å². The molecule has 2 aliphatic rings. The van der Waals surface area contributed by atoms with Crippen molar-refractivity contribution in [1.82, 2.24) is 30.4 Å². The number of carbonyl (C=O) groups excluding carboxylic acids is 5. The average molecular weight is 715 g/mol. The number of hydrogen-bond acceptors (Lipinski definition) is 9. The average Bonchev–Trinajstić information content (AvgIpc) is 3.52. The van der Waals surface area contributed by atoms with Gasteiger partial charge in [-0.2, -0.15) is 18.3 Å². The van der Waals surface area contributed by atoms with Crippen LogP contribution in [0.4, 0.5) is 18.0 Å². The van der Waals surface area contributed by atoms with E-state index in [0.29, 0.717) is 11.6 Å². The van der Waals surface area contributed by atoms with Gasteiger partial charge < -0.3 is 25.2 Å². The van der Waals surface area contributed by atoms with Crippen molar-refractivity contribution in [3.8, 4) is 11.6 Å². The molecule has 1 aromatic heterocycles. The maximum Gasteiger partial charge on any atom is 0.435 e. The summed E-state index contributed by atoms with van der Waals surface area (Å²) in [6.07, 6.45) is -6.65. The Kier molecular flexibility index (Phi) is 11.2. The summed E-state index contributed by atoms with van der Waals surface area (Å²) in [5.41, 5.74) is -0.431. The number of nitrogens with zero attached hydrogens (tertiary/aromatic N) is 4. The number of amides is 4. The van der Waals surface area contributed by atoms with Gasteiger partial charge in [0, 0.05) is 19.0 Å². The third-order valence-electron chi connectivity index (χ3n) is 8.08. The highest BCUT2D eigenvalue weighted by Crippen LogP contribution is 2.32. The summed E-state index contributed by atoms with van der Waals surface area (Å²) in [7, 11) is 0. The van der Waals surface area contributed by atoms with E-state index in [-0.39, 0.29) is 44.5 Å². The van der Waals surface area contributed by atoms with Gasteiger partial charge in [-0.05, 0) is 37.0 Å². The number of ketones is 1. The number of carbonyl (C=O) groups is 6. The predicted molar refractivity (Wildman–Crippen MR) is 168 cm³/mol. The van der Waals surface area contributed by atoms with Crippen molar-refractivity contribution in [2.45, 2.75) is 63.0 Å². The van der Waals surface area contributed by atoms with Gasteiger partial charge in [-0.1, -0.05) is 48.5 Å². The number of halogens is 3. The number of para-hydroxylation sites is 1. The number of hydrazine groups is 1. The van der Waals surface area contributed by atoms with Gasteiger partial charge in [-0.15, -0.1) is 0 Å². The van der Waals surface area contributed by atoms with Crippen molar-refractivity contribution in [2.75, 3.05) is 13.2 Å². The molecule has 0 bridgehead atoms. The molecule has 270 valence electrons. The van der Waals surface area contributed by atoms with Crippen LogP contribution < -0.4 is 15.4 Å². The van der Waals surface area contributed by atoms with Crippen LogP contribution in [-0.4, -0.2) is 91.7 Å². The van der Waals surface area contributed by atoms with Crippen LogP contribution in [0, 0.1) is 0 Å². The summed E-state index contributed by atoms with van der Waals surface area (Å²) in [5.74, 6) is -5.24. The number of rotatable bonds is 12. The highest BCUT2D eigenvalue weighted by Gasteiger charge is 2.45. The van der Waals surface area contributed by atoms with E-state index in [9.17, 15) is 47.0 Å². The number of aliphatic carboxylic acids is 1. The van der Waals surface area contributed by atoms with Crippen LogP contribution in [0.15, 0.2) is 66.7 Å². The summed E-state index contributed by atoms with van der Waals surface area (Å²) in [5, 5.41) is 19.8. The van der Waals surface area contributed by atoms with E-state index in [1.165, 1.54) is 12.1 Å². The van der Waals surface area contributed by atoms with Crippen LogP contribution in [0.25, 0.3) is 5.69 Å². The van der Waals surface area contributed by atoms with Crippen molar-refractivity contribution < 1.29 is 56.5 Å². The van der Waals surface area contributed by atoms with E-state index < -0.39 is 84.5 Å². The van der Waals surface area contributed by atoms with Crippen molar-refractivity contribution in [3.05, 3.63) is 78.0 Å². The maximum atomic E-state index is 13.7. The first-order chi connectivity index (χ1) is 24.3. The molecule has 2 saturated heterocycles. The van der Waals surface area contributed by atoms with Crippen molar-refractivity contribution in [3.63, 3.8) is 0 Å². The molecule has 15 nitrogen and oxygen atoms in total. The molecule has 0 aliphatic carbocycles. The molecule has 2 fully saturated rings. The monoisotopic (exact) mass is 714 g/mol. The highest BCUT2D eigenvalue weighted by molar-refractivity contribution is 5.97. The van der Waals surface area contributed by atoms with Gasteiger partial charge in [0.2, 0.25) is 17.7 Å². The number of hydrogen-bond donors (Lipinski definition) is 3. The van der Waals surface area contributed by atoms with E-state index in [1.54, 1.807) is 48.5 Å². The molecule has 3 N–H and O–H groups in total. The van der Waals surface area contributed by atoms with Gasteiger partial charge >= 0.3 is 18.2 Å². The lowest BCUT2D eigenvalue weighted by molar-refractivity contribution is -0.176. The summed E-state index contributed by atoms with van der Waals surface area (Å²) in [6, 6.07) is 12.6. The third kappa shape index (κ3) is 9.00. The lowest BCUT2D eigenvalue weighted by Gasteiger charge is -2.43. The first-order valence-electron chi connectivity index (χ1n) is 15.8. The van der Waals surface area contributed by atoms with E-state index >= 15 is 0 Å². The van der Waals surface area contributed by atoms with Crippen molar-refractivity contribution in [1.29, 1.82) is 0 Å². The first-order valence-corrected chi connectivity index (χ1v) is 15.8. The second-order valence-electron chi connectivity index (χ2n) is 11.7. The molecular weight excluding hydrogens is 681 g/mol. The highest BCUT2D eigenvalue weighted by atomic mass is 19.4. The summed E-state index contributed by atoms with van der Waals surface area (Å²) in [4.78, 5) is 78.0. The quantitative estimate of drug-likeness (QED) is 0.252. The van der Waals surface area contributed by atoms with Gasteiger partial charge in [0.05, 0.1) is 12.1 Å². The molecular formula is C33H33F3N6O9. The topological polar surface area (TPSA) is 189 Å². The van der Waals surface area contributed by atoms with Crippen LogP contribution in [-0.2, 0) is 41.5 Å². The van der Waals surface area contributed by atoms with E-state index in [4.69, 9.17) is 9.47 Å². The minimum atomic E-state index is -4.85. The Morgan fingerprint density at radius 2 is 1.69 bits per heavy atom. The zero-order valence-electron chi connectivity index (χ0n) is 26.9. The zero-order valence-corrected chi connectivity index (χ0v) is 26.9. The van der Waals surface area contributed by atoms with Crippen LogP contribution >= 0.6 is 0 Å². The van der Waals surface area contributed by atoms with Gasteiger partial charge in [0.1, 0.15) is 24.7 Å². The number of Topliss-reactive ketones (excluding diaryl/α,β-unsaturated/α-hetero) is 1. The van der Waals surface area contributed by atoms with E-state index in [0.717, 1.165) is 14.7 Å². The maximum absolute atomic E-state index is 13.7. The van der Waals surface area contributed by atoms with Crippen LogP contribution in [0.2, 0.25) is 0 Å². The van der Waals surface area contributed by atoms with Crippen LogP contribution in [0.1, 0.15) is 43.4 Å². The second-order valence-corrected chi connectivity index (χ2v) is 11.7. The molecule has 3 aromatic rings. The van der Waals surface area contributed by atoms with Crippen molar-refractivity contribution >= 4 is 35.6 Å². The first kappa shape index (κ1) is 36.3. The normalized spacial score (nSPS) is 18.3. The standard InChI is InChI=1S/C33H33F3N6O9/c34-33(35,36)26-17-28(41(39-26)21-10-5-2-6-11-21)50-19-25(43)23(16-29(45)46)37-30(47)24-12-7-15-40-27(44)14-13-22(31(48)42(24)40)38-32(49)51-18-20-8-3-1-4-9-20/h1-6,8-11,17,22-24H,7,12-16,18-19H2,(H,37,47)(H,38,49)(H,45,46)/t22-,23-,24-/m0/s1. The summed E-state index contributed by atoms with van der Waals surface area (Å²) < 4.78 is 51.9. The Balaban J connectivity index is 1.29. The molecule has 5 rings (SSSR count). The predicted octanol–water partition coefficient (Wildman–Crippen LogP) is 2.62. The fourth-order valence-electron chi connectivity index (χ4n) is 5.61. The molecule has 0 unspecified atom stereocenters. The SMILES string of the molecule is O=C(O)C[C@H](NC(=O)[C@@H]1CCCN2C(=O)CC[C@H](NC(=O)OCc3ccccc3)C(=O)N12)C(=O)COc1cc(C(F)(F)F)nn1-c1ccccc1. The summed E-state index contributed by atoms with van der Waals surface area (Å²) in [6.45, 7) is -0.961. The minimum Gasteiger partial charge on any atom is -0.481 e. The van der Waals surface area contributed by atoms with Gasteiger partial charge in [-0.25, -0.2) is 14.5 Å². The molecule has 0 saturated carbocycles. The minimum absolute atomic E-state index is 0.0213. The number of carboxylic acids is 1. The van der Waals surface area contributed by atoms with Gasteiger partial charge in [-0.3, -0.25) is 29.0 Å². The Labute approximate surface area is 288 Å². The molecule has 0 spiro atoms. The number of alkyl carbamates (subject to hydrolysis) is 1. The van der Waals surface area contributed by atoms with E-state index in [1.807, 2.05) is 0 Å². The molecule has 4 amide bonds. The van der Waals surface area contributed by atoms with Crippen LogP contribution in [0.5, 0.6) is 5.88 Å². The Morgan fingerprint density at radius 1 is 1.00 bits per heavy atom. The molecule has 3 atom stereocenters. The summed E-state index contributed by atoms with van der Waals surface area (Å²) >= 11 is 0. The fourth-order valence-corrected chi connectivity index (χ4v) is 5.61. The van der Waals surface area contributed by atoms with Crippen molar-refractivity contribution in [2.24, 2.45) is 0 Å². The number of carboxylic acid groups (broad SMARTS) is 1. The lowest BCUT2D eigenvalue weighted by Crippen LogP contribution is -2.64. The zero-order chi connectivity index (χ0) is 36.7. The Morgan fingerprint density at radius 3 is 2.35 bits per heavy atom. The second kappa shape index (κ2) is 15.7. The lowest BCUT2D eigenvalue weighted by atomic mass is 10.0. The molecule has 51 heavy (non-hydrogen) atoms. The number of ether oxygens (including phenoxy) is 2. The number of benzene rings is 2. The fraction of sp³-hybridized carbons (Fsp3) is 0.364. The molecule has 2 aliphatic heterocycles. The number of aromatic nitrogens is 2.